The van der Waals surface area contributed by atoms with Gasteiger partial charge in [0.1, 0.15) is 17.2 Å². The number of ether oxygens (including phenoxy) is 2. The van der Waals surface area contributed by atoms with E-state index in [4.69, 9.17) is 26.2 Å². The molecule has 5 rings (SSSR count). The van der Waals surface area contributed by atoms with Crippen LogP contribution < -0.4 is 14.4 Å². The van der Waals surface area contributed by atoms with E-state index in [9.17, 15) is 4.79 Å². The molecule has 3 aromatic carbocycles. The van der Waals surface area contributed by atoms with Crippen LogP contribution in [0.4, 0.5) is 5.69 Å². The number of hydrogen-bond donors (Lipinski definition) is 0. The number of para-hydroxylation sites is 2. The van der Waals surface area contributed by atoms with Crippen LogP contribution in [-0.4, -0.2) is 61.0 Å². The van der Waals surface area contributed by atoms with Gasteiger partial charge < -0.3 is 19.3 Å². The second kappa shape index (κ2) is 10.3. The summed E-state index contributed by atoms with van der Waals surface area (Å²) in [5.41, 5.74) is 3.81. The summed E-state index contributed by atoms with van der Waals surface area (Å²) in [6.07, 6.45) is 0. The number of piperazine rings is 1. The Balaban J connectivity index is 1.44. The maximum Gasteiger partial charge on any atom is 0.272 e. The third-order valence-electron chi connectivity index (χ3n) is 6.34. The van der Waals surface area contributed by atoms with Crippen LogP contribution in [0.1, 0.15) is 10.5 Å². The quantitative estimate of drug-likeness (QED) is 0.364. The lowest BCUT2D eigenvalue weighted by molar-refractivity contribution is 0.0737. The zero-order valence-corrected chi connectivity index (χ0v) is 21.0. The van der Waals surface area contributed by atoms with E-state index in [0.717, 1.165) is 28.4 Å². The van der Waals surface area contributed by atoms with Crippen LogP contribution >= 0.6 is 11.6 Å². The normalized spacial score (nSPS) is 13.5. The number of carbonyl (C=O) groups excluding carboxylic acids is 1. The summed E-state index contributed by atoms with van der Waals surface area (Å²) in [7, 11) is 3.30. The number of carbonyl (C=O) groups is 1. The Morgan fingerprint density at radius 2 is 1.64 bits per heavy atom. The highest BCUT2D eigenvalue weighted by Gasteiger charge is 2.27. The Morgan fingerprint density at radius 3 is 2.39 bits per heavy atom. The van der Waals surface area contributed by atoms with Gasteiger partial charge in [0.15, 0.2) is 0 Å². The van der Waals surface area contributed by atoms with Gasteiger partial charge in [-0.2, -0.15) is 5.10 Å². The second-order valence-corrected chi connectivity index (χ2v) is 8.93. The number of rotatable bonds is 6. The van der Waals surface area contributed by atoms with Gasteiger partial charge in [-0.05, 0) is 48.5 Å². The fraction of sp³-hybridized carbons (Fsp3) is 0.214. The van der Waals surface area contributed by atoms with Crippen molar-refractivity contribution in [1.29, 1.82) is 0 Å². The van der Waals surface area contributed by atoms with Crippen molar-refractivity contribution in [2.75, 3.05) is 45.3 Å². The van der Waals surface area contributed by atoms with Crippen LogP contribution in [0.15, 0.2) is 78.9 Å². The fourth-order valence-electron chi connectivity index (χ4n) is 4.47. The van der Waals surface area contributed by atoms with Gasteiger partial charge in [-0.25, -0.2) is 4.68 Å². The minimum absolute atomic E-state index is 0.0729. The predicted octanol–water partition coefficient (Wildman–Crippen LogP) is 5.17. The Morgan fingerprint density at radius 1 is 0.861 bits per heavy atom. The van der Waals surface area contributed by atoms with Gasteiger partial charge in [0.25, 0.3) is 5.91 Å². The van der Waals surface area contributed by atoms with Crippen LogP contribution in [0.2, 0.25) is 5.02 Å². The zero-order chi connectivity index (χ0) is 25.1. The summed E-state index contributed by atoms with van der Waals surface area (Å²) >= 11 is 6.27. The van der Waals surface area contributed by atoms with Crippen molar-refractivity contribution in [3.63, 3.8) is 0 Å². The molecular formula is C28H27ClN4O3. The first-order valence-corrected chi connectivity index (χ1v) is 12.1. The van der Waals surface area contributed by atoms with E-state index >= 15 is 0 Å². The van der Waals surface area contributed by atoms with Crippen molar-refractivity contribution in [3.05, 3.63) is 89.6 Å². The summed E-state index contributed by atoms with van der Waals surface area (Å²) in [5, 5.41) is 5.37. The summed E-state index contributed by atoms with van der Waals surface area (Å²) in [4.78, 5) is 17.9. The van der Waals surface area contributed by atoms with Gasteiger partial charge in [-0.15, -0.1) is 0 Å². The smallest absolute Gasteiger partial charge is 0.272 e. The molecule has 0 N–H and O–H groups in total. The van der Waals surface area contributed by atoms with E-state index in [-0.39, 0.29) is 5.91 Å². The van der Waals surface area contributed by atoms with Crippen LogP contribution in [0.5, 0.6) is 11.5 Å². The zero-order valence-electron chi connectivity index (χ0n) is 20.2. The molecule has 1 saturated heterocycles. The van der Waals surface area contributed by atoms with E-state index in [1.807, 2.05) is 71.6 Å². The van der Waals surface area contributed by atoms with Gasteiger partial charge in [0, 0.05) is 36.8 Å². The summed E-state index contributed by atoms with van der Waals surface area (Å²) in [6, 6.07) is 24.8. The average molecular weight is 503 g/mol. The molecule has 8 heteroatoms. The molecule has 0 bridgehead atoms. The standard InChI is InChI=1S/C28H27ClN4O3/c1-35-23-10-5-7-20(17-23)24-19-26(33(30-24)22-9-6-8-21(29)18-22)28(34)32-15-13-31(14-16-32)25-11-3-4-12-27(25)36-2/h3-12,17-19H,13-16H2,1-2H3. The summed E-state index contributed by atoms with van der Waals surface area (Å²) < 4.78 is 12.6. The highest BCUT2D eigenvalue weighted by atomic mass is 35.5. The minimum atomic E-state index is -0.0729. The van der Waals surface area contributed by atoms with Gasteiger partial charge in [-0.1, -0.05) is 41.9 Å². The molecule has 7 nitrogen and oxygen atoms in total. The van der Waals surface area contributed by atoms with Crippen LogP contribution in [-0.2, 0) is 0 Å². The molecule has 0 spiro atoms. The van der Waals surface area contributed by atoms with Crippen molar-refractivity contribution < 1.29 is 14.3 Å². The molecule has 0 atom stereocenters. The van der Waals surface area contributed by atoms with Crippen molar-refractivity contribution in [3.8, 4) is 28.4 Å². The molecule has 0 radical (unpaired) electrons. The number of anilines is 1. The first-order valence-electron chi connectivity index (χ1n) is 11.7. The molecule has 184 valence electrons. The summed E-state index contributed by atoms with van der Waals surface area (Å²) in [5.74, 6) is 1.49. The first-order chi connectivity index (χ1) is 17.6. The SMILES string of the molecule is COc1cccc(-c2cc(C(=O)N3CCN(c4ccccc4OC)CC3)n(-c3cccc(Cl)c3)n2)c1. The number of nitrogens with zero attached hydrogens (tertiary/aromatic N) is 4. The number of aromatic nitrogens is 2. The third-order valence-corrected chi connectivity index (χ3v) is 6.57. The molecule has 1 aliphatic rings. The largest absolute Gasteiger partial charge is 0.497 e. The minimum Gasteiger partial charge on any atom is -0.497 e. The van der Waals surface area contributed by atoms with E-state index in [0.29, 0.717) is 42.6 Å². The molecule has 0 saturated carbocycles. The van der Waals surface area contributed by atoms with Crippen LogP contribution in [0, 0.1) is 0 Å². The highest BCUT2D eigenvalue weighted by molar-refractivity contribution is 6.30. The third kappa shape index (κ3) is 4.75. The Kier molecular flexibility index (Phi) is 6.82. The van der Waals surface area contributed by atoms with E-state index in [2.05, 4.69) is 4.90 Å². The van der Waals surface area contributed by atoms with Crippen molar-refractivity contribution in [2.24, 2.45) is 0 Å². The monoisotopic (exact) mass is 502 g/mol. The van der Waals surface area contributed by atoms with Crippen LogP contribution in [0.25, 0.3) is 16.9 Å². The maximum absolute atomic E-state index is 13.8. The van der Waals surface area contributed by atoms with Crippen LogP contribution in [0.3, 0.4) is 0 Å². The lowest BCUT2D eigenvalue weighted by Gasteiger charge is -2.36. The molecule has 1 fully saturated rings. The molecule has 2 heterocycles. The van der Waals surface area contributed by atoms with E-state index in [1.165, 1.54) is 0 Å². The van der Waals surface area contributed by atoms with E-state index < -0.39 is 0 Å². The molecule has 1 aromatic heterocycles. The molecular weight excluding hydrogens is 476 g/mol. The predicted molar refractivity (Wildman–Crippen MR) is 142 cm³/mol. The number of hydrogen-bond acceptors (Lipinski definition) is 5. The Labute approximate surface area is 215 Å². The van der Waals surface area contributed by atoms with Gasteiger partial charge in [-0.3, -0.25) is 4.79 Å². The number of benzene rings is 3. The Bertz CT molecular complexity index is 1380. The first kappa shape index (κ1) is 23.8. The number of amides is 1. The van der Waals surface area contributed by atoms with Gasteiger partial charge in [0.05, 0.1) is 31.3 Å². The molecule has 0 aliphatic carbocycles. The van der Waals surface area contributed by atoms with E-state index in [1.54, 1.807) is 31.0 Å². The lowest BCUT2D eigenvalue weighted by atomic mass is 10.1. The van der Waals surface area contributed by atoms with Crippen molar-refractivity contribution in [2.45, 2.75) is 0 Å². The molecule has 36 heavy (non-hydrogen) atoms. The topological polar surface area (TPSA) is 59.8 Å². The molecule has 4 aromatic rings. The number of methoxy groups -OCH3 is 2. The number of halogens is 1. The van der Waals surface area contributed by atoms with Gasteiger partial charge in [0.2, 0.25) is 0 Å². The van der Waals surface area contributed by atoms with Gasteiger partial charge >= 0.3 is 0 Å². The lowest BCUT2D eigenvalue weighted by Crippen LogP contribution is -2.49. The molecule has 1 aliphatic heterocycles. The Hall–Kier alpha value is -3.97. The molecule has 0 unspecified atom stereocenters. The summed E-state index contributed by atoms with van der Waals surface area (Å²) in [6.45, 7) is 2.60. The highest BCUT2D eigenvalue weighted by Crippen LogP contribution is 2.30. The van der Waals surface area contributed by atoms with Crippen molar-refractivity contribution in [1.82, 2.24) is 14.7 Å². The van der Waals surface area contributed by atoms with Crippen molar-refractivity contribution >= 4 is 23.2 Å². The average Bonchev–Trinajstić information content (AvgIpc) is 3.38. The molecule has 1 amide bonds. The maximum atomic E-state index is 13.8. The second-order valence-electron chi connectivity index (χ2n) is 8.49. The fourth-order valence-corrected chi connectivity index (χ4v) is 4.65.